The molecule has 0 saturated heterocycles. The number of aromatic nitrogens is 4. The fraction of sp³-hybridized carbons (Fsp3) is 0.412. The Kier molecular flexibility index (Phi) is 11.7. The van der Waals surface area contributed by atoms with E-state index in [1.807, 2.05) is 62.4 Å². The molecule has 2 aromatic carbocycles. The predicted molar refractivity (Wildman–Crippen MR) is 168 cm³/mol. The molecule has 4 N–H and O–H groups in total. The number of nitrogens with zero attached hydrogens (tertiary/aromatic N) is 2. The summed E-state index contributed by atoms with van der Waals surface area (Å²) >= 11 is 0. The lowest BCUT2D eigenvalue weighted by molar-refractivity contribution is -0.142. The van der Waals surface area contributed by atoms with Crippen molar-refractivity contribution < 1.29 is 41.0 Å². The molecule has 2 atom stereocenters. The van der Waals surface area contributed by atoms with E-state index in [1.165, 1.54) is 12.4 Å². The number of carboxylic acids is 1. The smallest absolute Gasteiger partial charge is 0.389 e. The van der Waals surface area contributed by atoms with Gasteiger partial charge in [-0.3, -0.25) is 9.59 Å². The molecule has 4 rings (SSSR count). The molecule has 2 heterocycles. The van der Waals surface area contributed by atoms with Gasteiger partial charge in [-0.2, -0.15) is 26.3 Å². The van der Waals surface area contributed by atoms with Gasteiger partial charge in [-0.25, -0.2) is 9.97 Å². The van der Waals surface area contributed by atoms with Crippen molar-refractivity contribution in [1.29, 1.82) is 0 Å². The van der Waals surface area contributed by atoms with E-state index >= 15 is 0 Å². The summed E-state index contributed by atoms with van der Waals surface area (Å²) in [4.78, 5) is 38.2. The highest BCUT2D eigenvalue weighted by atomic mass is 19.4. The molecule has 4 aromatic rings. The lowest BCUT2D eigenvalue weighted by Gasteiger charge is -2.16. The van der Waals surface area contributed by atoms with Crippen LogP contribution >= 0.6 is 0 Å². The zero-order valence-corrected chi connectivity index (χ0v) is 26.4. The van der Waals surface area contributed by atoms with Gasteiger partial charge < -0.3 is 20.4 Å². The van der Waals surface area contributed by atoms with Crippen LogP contribution in [0.25, 0.3) is 33.6 Å². The van der Waals surface area contributed by atoms with E-state index in [0.29, 0.717) is 29.3 Å². The first-order valence-corrected chi connectivity index (χ1v) is 15.5. The van der Waals surface area contributed by atoms with E-state index < -0.39 is 55.8 Å². The maximum absolute atomic E-state index is 13.0. The number of carboxylic acid groups (broad SMARTS) is 1. The molecule has 1 amide bonds. The van der Waals surface area contributed by atoms with Gasteiger partial charge in [0.05, 0.1) is 30.2 Å². The number of aliphatic carboxylic acids is 1. The number of benzene rings is 2. The molecule has 0 aliphatic heterocycles. The van der Waals surface area contributed by atoms with Crippen LogP contribution in [0.15, 0.2) is 60.9 Å². The third-order valence-electron chi connectivity index (χ3n) is 7.80. The zero-order chi connectivity index (χ0) is 35.1. The van der Waals surface area contributed by atoms with Gasteiger partial charge in [0, 0.05) is 37.6 Å². The summed E-state index contributed by atoms with van der Waals surface area (Å²) < 4.78 is 77.4. The molecule has 0 fully saturated rings. The number of amides is 1. The SMILES string of the molecule is CC(C)CNC(=O)CC(CCC(F)(F)F)c1ncc(-c2ccc(-c3ccc(-c4cnc(C(CCC(F)(F)F)CC(=O)O)[nH]4)cc3)cc2)[nH]1. The summed E-state index contributed by atoms with van der Waals surface area (Å²) in [6, 6.07) is 14.7. The number of hydrogen-bond acceptors (Lipinski definition) is 4. The van der Waals surface area contributed by atoms with Crippen molar-refractivity contribution in [2.45, 2.75) is 76.6 Å². The van der Waals surface area contributed by atoms with E-state index in [0.717, 1.165) is 16.7 Å². The number of alkyl halides is 6. The number of hydrogen-bond donors (Lipinski definition) is 4. The Hall–Kier alpha value is -4.62. The van der Waals surface area contributed by atoms with E-state index in [9.17, 15) is 35.9 Å². The monoisotopic (exact) mass is 677 g/mol. The van der Waals surface area contributed by atoms with Gasteiger partial charge in [-0.15, -0.1) is 0 Å². The number of aromatic amines is 2. The van der Waals surface area contributed by atoms with Gasteiger partial charge in [0.1, 0.15) is 11.6 Å². The van der Waals surface area contributed by atoms with Crippen molar-refractivity contribution in [3.63, 3.8) is 0 Å². The van der Waals surface area contributed by atoms with Crippen LogP contribution in [0, 0.1) is 5.92 Å². The minimum Gasteiger partial charge on any atom is -0.481 e. The molecule has 0 aliphatic carbocycles. The number of H-pyrrole nitrogens is 2. The summed E-state index contributed by atoms with van der Waals surface area (Å²) in [5.74, 6) is -2.50. The Bertz CT molecular complexity index is 1640. The zero-order valence-electron chi connectivity index (χ0n) is 26.4. The van der Waals surface area contributed by atoms with Crippen LogP contribution in [-0.2, 0) is 9.59 Å². The molecule has 0 aliphatic rings. The van der Waals surface area contributed by atoms with Gasteiger partial charge >= 0.3 is 18.3 Å². The van der Waals surface area contributed by atoms with E-state index in [2.05, 4.69) is 25.3 Å². The highest BCUT2D eigenvalue weighted by molar-refractivity contribution is 5.77. The van der Waals surface area contributed by atoms with Gasteiger partial charge in [0.25, 0.3) is 0 Å². The van der Waals surface area contributed by atoms with Gasteiger partial charge in [-0.05, 0) is 41.0 Å². The van der Waals surface area contributed by atoms with Crippen molar-refractivity contribution in [2.75, 3.05) is 6.54 Å². The molecular weight excluding hydrogens is 640 g/mol. The number of rotatable bonds is 15. The normalized spacial score (nSPS) is 13.4. The van der Waals surface area contributed by atoms with E-state index in [1.54, 1.807) is 0 Å². The van der Waals surface area contributed by atoms with Crippen LogP contribution in [0.2, 0.25) is 0 Å². The Morgan fingerprint density at radius 3 is 1.48 bits per heavy atom. The molecule has 2 aromatic heterocycles. The Labute approximate surface area is 273 Å². The molecule has 0 spiro atoms. The lowest BCUT2D eigenvalue weighted by Crippen LogP contribution is -2.29. The van der Waals surface area contributed by atoms with Crippen molar-refractivity contribution in [3.8, 4) is 33.6 Å². The van der Waals surface area contributed by atoms with Crippen LogP contribution in [0.3, 0.4) is 0 Å². The maximum atomic E-state index is 13.0. The molecule has 0 bridgehead atoms. The number of carbonyl (C=O) groups excluding carboxylic acids is 1. The van der Waals surface area contributed by atoms with Crippen LogP contribution < -0.4 is 5.32 Å². The van der Waals surface area contributed by atoms with Crippen LogP contribution in [0.4, 0.5) is 26.3 Å². The van der Waals surface area contributed by atoms with Crippen molar-refractivity contribution in [1.82, 2.24) is 25.3 Å². The summed E-state index contributed by atoms with van der Waals surface area (Å²) in [6.45, 7) is 4.28. The van der Waals surface area contributed by atoms with Crippen molar-refractivity contribution in [3.05, 3.63) is 72.6 Å². The highest BCUT2D eigenvalue weighted by Gasteiger charge is 2.31. The number of imidazole rings is 2. The molecule has 258 valence electrons. The molecule has 0 saturated carbocycles. The fourth-order valence-electron chi connectivity index (χ4n) is 5.24. The minimum absolute atomic E-state index is 0.120. The summed E-state index contributed by atoms with van der Waals surface area (Å²) in [6.07, 6.45) is -9.19. The van der Waals surface area contributed by atoms with E-state index in [-0.39, 0.29) is 30.5 Å². The first kappa shape index (κ1) is 36.2. The molecule has 48 heavy (non-hydrogen) atoms. The van der Waals surface area contributed by atoms with Crippen LogP contribution in [-0.4, -0.2) is 55.8 Å². The molecular formula is C34H37F6N5O3. The molecule has 0 radical (unpaired) electrons. The average molecular weight is 678 g/mol. The summed E-state index contributed by atoms with van der Waals surface area (Å²) in [7, 11) is 0. The largest absolute Gasteiger partial charge is 0.481 e. The Morgan fingerprint density at radius 1 is 0.708 bits per heavy atom. The van der Waals surface area contributed by atoms with Crippen molar-refractivity contribution in [2.24, 2.45) is 5.92 Å². The standard InChI is InChI=1S/C34H37F6N5O3/c1-20(2)17-41-29(46)15-25(11-13-33(35,36)37)31-42-18-27(44-31)23-7-3-21(4-8-23)22-5-9-24(10-6-22)28-19-43-32(45-28)26(16-30(47)48)12-14-34(38,39)40/h3-10,18-20,25-26H,11-17H2,1-2H3,(H,41,46)(H,42,44)(H,43,45)(H,47,48). The van der Waals surface area contributed by atoms with E-state index in [4.69, 9.17) is 5.11 Å². The summed E-state index contributed by atoms with van der Waals surface area (Å²) in [5.41, 5.74) is 4.33. The Balaban J connectivity index is 1.45. The van der Waals surface area contributed by atoms with Crippen LogP contribution in [0.5, 0.6) is 0 Å². The minimum atomic E-state index is -4.41. The van der Waals surface area contributed by atoms with Gasteiger partial charge in [0.15, 0.2) is 0 Å². The second-order valence-electron chi connectivity index (χ2n) is 12.2. The number of carbonyl (C=O) groups is 2. The average Bonchev–Trinajstić information content (AvgIpc) is 3.71. The third-order valence-corrected chi connectivity index (χ3v) is 7.80. The summed E-state index contributed by atoms with van der Waals surface area (Å²) in [5, 5.41) is 11.9. The quantitative estimate of drug-likeness (QED) is 0.0939. The van der Waals surface area contributed by atoms with Crippen molar-refractivity contribution >= 4 is 11.9 Å². The molecule has 8 nitrogen and oxygen atoms in total. The van der Waals surface area contributed by atoms with Crippen LogP contribution in [0.1, 0.15) is 75.9 Å². The third kappa shape index (κ3) is 11.0. The number of halogens is 6. The second kappa shape index (κ2) is 15.5. The Morgan fingerprint density at radius 2 is 1.10 bits per heavy atom. The molecule has 14 heteroatoms. The second-order valence-corrected chi connectivity index (χ2v) is 12.2. The first-order chi connectivity index (χ1) is 22.6. The first-order valence-electron chi connectivity index (χ1n) is 15.5. The maximum Gasteiger partial charge on any atom is 0.389 e. The topological polar surface area (TPSA) is 124 Å². The number of nitrogens with one attached hydrogen (secondary N) is 3. The lowest BCUT2D eigenvalue weighted by atomic mass is 9.97. The highest BCUT2D eigenvalue weighted by Crippen LogP contribution is 2.33. The van der Waals surface area contributed by atoms with Gasteiger partial charge in [-0.1, -0.05) is 62.4 Å². The fourth-order valence-corrected chi connectivity index (χ4v) is 5.24. The predicted octanol–water partition coefficient (Wildman–Crippen LogP) is 8.62. The molecule has 2 unspecified atom stereocenters. The van der Waals surface area contributed by atoms with Gasteiger partial charge in [0.2, 0.25) is 5.91 Å².